The van der Waals surface area contributed by atoms with Gasteiger partial charge in [0.05, 0.1) is 5.69 Å². The molecule has 1 N–H and O–H groups in total. The van der Waals surface area contributed by atoms with Crippen molar-refractivity contribution in [3.8, 4) is 0 Å². The molecule has 27 heavy (non-hydrogen) atoms. The summed E-state index contributed by atoms with van der Waals surface area (Å²) < 4.78 is 13.3. The van der Waals surface area contributed by atoms with Crippen molar-refractivity contribution in [2.75, 3.05) is 16.8 Å². The lowest BCUT2D eigenvalue weighted by molar-refractivity contribution is -0.117. The van der Waals surface area contributed by atoms with E-state index in [1.807, 2.05) is 19.9 Å². The van der Waals surface area contributed by atoms with Crippen molar-refractivity contribution in [2.45, 2.75) is 54.0 Å². The molecule has 0 aliphatic carbocycles. The number of aromatic nitrogens is 1. The average molecular weight is 369 g/mol. The average Bonchev–Trinajstić information content (AvgIpc) is 2.56. The molecule has 1 aromatic heterocycles. The maximum atomic E-state index is 13.3. The number of halogens is 1. The van der Waals surface area contributed by atoms with E-state index in [2.05, 4.69) is 48.1 Å². The van der Waals surface area contributed by atoms with E-state index in [1.54, 1.807) is 0 Å². The van der Waals surface area contributed by atoms with Crippen LogP contribution >= 0.6 is 0 Å². The number of pyridine rings is 1. The first-order valence-electron chi connectivity index (χ1n) is 9.43. The summed E-state index contributed by atoms with van der Waals surface area (Å²) >= 11 is 0. The third-order valence-electron chi connectivity index (χ3n) is 4.85. The summed E-state index contributed by atoms with van der Waals surface area (Å²) in [4.78, 5) is 18.6. The van der Waals surface area contributed by atoms with Gasteiger partial charge >= 0.3 is 0 Å². The molecule has 144 valence electrons. The molecular weight excluding hydrogens is 341 g/mol. The quantitative estimate of drug-likeness (QED) is 0.792. The van der Waals surface area contributed by atoms with Gasteiger partial charge < -0.3 is 10.2 Å². The van der Waals surface area contributed by atoms with E-state index in [4.69, 9.17) is 0 Å². The zero-order chi connectivity index (χ0) is 19.8. The van der Waals surface area contributed by atoms with Crippen molar-refractivity contribution >= 4 is 17.3 Å². The molecule has 1 aliphatic rings. The Kier molecular flexibility index (Phi) is 5.22. The fourth-order valence-corrected chi connectivity index (χ4v) is 3.60. The van der Waals surface area contributed by atoms with Crippen molar-refractivity contribution in [3.05, 3.63) is 52.6 Å². The Balaban J connectivity index is 1.79. The number of carbonyl (C=O) groups excluding carboxylic acids is 1. The van der Waals surface area contributed by atoms with Gasteiger partial charge in [0.2, 0.25) is 11.9 Å². The number of nitrogens with one attached hydrogen (secondary N) is 1. The Morgan fingerprint density at radius 1 is 1.22 bits per heavy atom. The number of benzene rings is 1. The third-order valence-corrected chi connectivity index (χ3v) is 4.85. The van der Waals surface area contributed by atoms with Crippen LogP contribution in [0.15, 0.2) is 24.3 Å². The molecule has 0 spiro atoms. The summed E-state index contributed by atoms with van der Waals surface area (Å²) in [6, 6.07) is 7.47. The lowest BCUT2D eigenvalue weighted by atomic mass is 9.92. The van der Waals surface area contributed by atoms with E-state index >= 15 is 0 Å². The summed E-state index contributed by atoms with van der Waals surface area (Å²) in [5.41, 5.74) is 6.00. The van der Waals surface area contributed by atoms with Gasteiger partial charge in [-0.2, -0.15) is 4.39 Å². The second-order valence-electron chi connectivity index (χ2n) is 8.65. The zero-order valence-corrected chi connectivity index (χ0v) is 16.8. The Morgan fingerprint density at radius 2 is 1.89 bits per heavy atom. The van der Waals surface area contributed by atoms with Crippen LogP contribution in [0.1, 0.15) is 49.6 Å². The SMILES string of the molecule is Cc1cc(N2CCc3nc(F)ccc3C2)cc(C)c1NC(=O)CC(C)(C)C. The maximum absolute atomic E-state index is 13.3. The number of nitrogens with zero attached hydrogens (tertiary/aromatic N) is 2. The lowest BCUT2D eigenvalue weighted by Gasteiger charge is -2.31. The van der Waals surface area contributed by atoms with E-state index in [9.17, 15) is 9.18 Å². The molecule has 0 atom stereocenters. The highest BCUT2D eigenvalue weighted by atomic mass is 19.1. The standard InChI is InChI=1S/C22H28FN3O/c1-14-10-17(11-15(2)21(14)25-20(27)12-22(3,4)5)26-9-8-18-16(13-26)6-7-19(23)24-18/h6-7,10-11H,8-9,12-13H2,1-5H3,(H,25,27). The highest BCUT2D eigenvalue weighted by molar-refractivity contribution is 5.93. The van der Waals surface area contributed by atoms with Crippen LogP contribution in [0.5, 0.6) is 0 Å². The van der Waals surface area contributed by atoms with Crippen LogP contribution in [-0.2, 0) is 17.8 Å². The van der Waals surface area contributed by atoms with E-state index < -0.39 is 5.95 Å². The Labute approximate surface area is 160 Å². The highest BCUT2D eigenvalue weighted by Crippen LogP contribution is 2.31. The van der Waals surface area contributed by atoms with Gasteiger partial charge in [-0.25, -0.2) is 4.98 Å². The van der Waals surface area contributed by atoms with Crippen LogP contribution in [0.25, 0.3) is 0 Å². The van der Waals surface area contributed by atoms with Crippen molar-refractivity contribution in [1.29, 1.82) is 0 Å². The molecule has 0 fully saturated rings. The molecular formula is C22H28FN3O. The summed E-state index contributed by atoms with van der Waals surface area (Å²) in [6.45, 7) is 11.8. The summed E-state index contributed by atoms with van der Waals surface area (Å²) in [6.07, 6.45) is 1.22. The van der Waals surface area contributed by atoms with Crippen LogP contribution in [0.2, 0.25) is 0 Å². The largest absolute Gasteiger partial charge is 0.367 e. The molecule has 0 bridgehead atoms. The van der Waals surface area contributed by atoms with Gasteiger partial charge in [0.25, 0.3) is 0 Å². The fraction of sp³-hybridized carbons (Fsp3) is 0.455. The minimum atomic E-state index is -0.413. The monoisotopic (exact) mass is 369 g/mol. The first-order chi connectivity index (χ1) is 12.6. The third kappa shape index (κ3) is 4.65. The van der Waals surface area contributed by atoms with E-state index in [0.717, 1.165) is 53.3 Å². The summed E-state index contributed by atoms with van der Waals surface area (Å²) in [7, 11) is 0. The molecule has 4 nitrogen and oxygen atoms in total. The summed E-state index contributed by atoms with van der Waals surface area (Å²) in [5, 5.41) is 3.08. The van der Waals surface area contributed by atoms with Gasteiger partial charge in [0.15, 0.2) is 0 Å². The van der Waals surface area contributed by atoms with Gasteiger partial charge in [0, 0.05) is 37.3 Å². The first kappa shape index (κ1) is 19.3. The van der Waals surface area contributed by atoms with Crippen LogP contribution in [-0.4, -0.2) is 17.4 Å². The molecule has 2 aromatic rings. The van der Waals surface area contributed by atoms with E-state index in [-0.39, 0.29) is 11.3 Å². The Morgan fingerprint density at radius 3 is 2.52 bits per heavy atom. The predicted octanol–water partition coefficient (Wildman–Crippen LogP) is 4.77. The van der Waals surface area contributed by atoms with Crippen molar-refractivity contribution in [1.82, 2.24) is 4.98 Å². The van der Waals surface area contributed by atoms with Gasteiger partial charge in [-0.15, -0.1) is 0 Å². The number of carbonyl (C=O) groups is 1. The highest BCUT2D eigenvalue weighted by Gasteiger charge is 2.21. The Hall–Kier alpha value is -2.43. The topological polar surface area (TPSA) is 45.2 Å². The number of hydrogen-bond acceptors (Lipinski definition) is 3. The molecule has 1 aliphatic heterocycles. The summed E-state index contributed by atoms with van der Waals surface area (Å²) in [5.74, 6) is -0.370. The van der Waals surface area contributed by atoms with Crippen LogP contribution in [0.3, 0.4) is 0 Å². The first-order valence-corrected chi connectivity index (χ1v) is 9.43. The molecule has 0 radical (unpaired) electrons. The normalized spacial score (nSPS) is 14.1. The number of amides is 1. The van der Waals surface area contributed by atoms with Gasteiger partial charge in [0.1, 0.15) is 0 Å². The molecule has 1 amide bonds. The maximum Gasteiger partial charge on any atom is 0.224 e. The molecule has 5 heteroatoms. The zero-order valence-electron chi connectivity index (χ0n) is 16.8. The molecule has 0 unspecified atom stereocenters. The predicted molar refractivity (Wildman–Crippen MR) is 108 cm³/mol. The van der Waals surface area contributed by atoms with Gasteiger partial charge in [-0.3, -0.25) is 4.79 Å². The van der Waals surface area contributed by atoms with Gasteiger partial charge in [-0.05, 0) is 54.2 Å². The fourth-order valence-electron chi connectivity index (χ4n) is 3.60. The molecule has 1 aromatic carbocycles. The second kappa shape index (κ2) is 7.29. The van der Waals surface area contributed by atoms with Crippen molar-refractivity contribution in [3.63, 3.8) is 0 Å². The molecule has 0 saturated carbocycles. The van der Waals surface area contributed by atoms with Crippen molar-refractivity contribution < 1.29 is 9.18 Å². The minimum absolute atomic E-state index is 0.0411. The molecule has 2 heterocycles. The number of anilines is 2. The van der Waals surface area contributed by atoms with Crippen LogP contribution in [0.4, 0.5) is 15.8 Å². The number of fused-ring (bicyclic) bond motifs is 1. The van der Waals surface area contributed by atoms with Crippen LogP contribution in [0, 0.1) is 25.2 Å². The van der Waals surface area contributed by atoms with E-state index in [0.29, 0.717) is 6.42 Å². The lowest BCUT2D eigenvalue weighted by Crippen LogP contribution is -2.31. The van der Waals surface area contributed by atoms with Crippen LogP contribution < -0.4 is 10.2 Å². The smallest absolute Gasteiger partial charge is 0.224 e. The minimum Gasteiger partial charge on any atom is -0.367 e. The number of hydrogen-bond donors (Lipinski definition) is 1. The molecule has 3 rings (SSSR count). The van der Waals surface area contributed by atoms with E-state index in [1.165, 1.54) is 6.07 Å². The van der Waals surface area contributed by atoms with Gasteiger partial charge in [-0.1, -0.05) is 26.8 Å². The number of rotatable bonds is 3. The van der Waals surface area contributed by atoms with Crippen molar-refractivity contribution in [2.24, 2.45) is 5.41 Å². The Bertz CT molecular complexity index is 847. The molecule has 0 saturated heterocycles. The number of aryl methyl sites for hydroxylation is 2. The second-order valence-corrected chi connectivity index (χ2v) is 8.65.